The lowest BCUT2D eigenvalue weighted by atomic mass is 9.93. The van der Waals surface area contributed by atoms with Gasteiger partial charge in [0, 0.05) is 24.5 Å². The predicted octanol–water partition coefficient (Wildman–Crippen LogP) is 3.39. The lowest BCUT2D eigenvalue weighted by Crippen LogP contribution is -2.52. The molecule has 0 fully saturated rings. The monoisotopic (exact) mass is 385 g/mol. The number of amides is 1. The van der Waals surface area contributed by atoms with Crippen LogP contribution >= 0.6 is 11.3 Å². The van der Waals surface area contributed by atoms with Crippen LogP contribution in [0.3, 0.4) is 0 Å². The van der Waals surface area contributed by atoms with Crippen LogP contribution in [0.25, 0.3) is 0 Å². The molecule has 1 aliphatic heterocycles. The van der Waals surface area contributed by atoms with E-state index >= 15 is 0 Å². The van der Waals surface area contributed by atoms with Gasteiger partial charge in [-0.2, -0.15) is 0 Å². The molecule has 1 aromatic carbocycles. The highest BCUT2D eigenvalue weighted by Gasteiger charge is 2.33. The van der Waals surface area contributed by atoms with E-state index in [1.165, 1.54) is 21.6 Å². The summed E-state index contributed by atoms with van der Waals surface area (Å²) in [6, 6.07) is 10.6. The Balaban J connectivity index is 1.82. The molecule has 3 rings (SSSR count). The average Bonchev–Trinajstić information content (AvgIpc) is 3.07. The van der Waals surface area contributed by atoms with Crippen molar-refractivity contribution in [2.45, 2.75) is 39.4 Å². The number of carbonyl (C=O) groups excluding carboxylic acids is 1. The number of carbonyl (C=O) groups is 1. The Morgan fingerprint density at radius 2 is 1.93 bits per heavy atom. The van der Waals surface area contributed by atoms with Gasteiger partial charge in [-0.15, -0.1) is 11.3 Å². The number of hydrogen-bond acceptors (Lipinski definition) is 4. The minimum Gasteiger partial charge on any atom is -0.335 e. The van der Waals surface area contributed by atoms with E-state index in [4.69, 9.17) is 0 Å². The van der Waals surface area contributed by atoms with Crippen LogP contribution in [0.2, 0.25) is 0 Å². The minimum atomic E-state index is -0.0627. The van der Waals surface area contributed by atoms with Crippen LogP contribution in [0.4, 0.5) is 0 Å². The van der Waals surface area contributed by atoms with E-state index in [9.17, 15) is 4.79 Å². The van der Waals surface area contributed by atoms with Crippen molar-refractivity contribution in [3.8, 4) is 0 Å². The Morgan fingerprint density at radius 3 is 2.56 bits per heavy atom. The Hall–Kier alpha value is -1.69. The van der Waals surface area contributed by atoms with Crippen molar-refractivity contribution in [2.75, 3.05) is 33.7 Å². The van der Waals surface area contributed by atoms with Crippen molar-refractivity contribution < 1.29 is 4.79 Å². The molecule has 0 saturated heterocycles. The third-order valence-electron chi connectivity index (χ3n) is 5.47. The first-order valence-electron chi connectivity index (χ1n) is 9.77. The smallest absolute Gasteiger partial charge is 0.240 e. The maximum absolute atomic E-state index is 13.6. The van der Waals surface area contributed by atoms with Crippen LogP contribution in [-0.2, 0) is 24.3 Å². The Morgan fingerprint density at radius 1 is 1.19 bits per heavy atom. The van der Waals surface area contributed by atoms with Crippen LogP contribution in [0.1, 0.15) is 28.5 Å². The molecule has 1 aromatic heterocycles. The number of aryl methyl sites for hydroxylation is 1. The topological polar surface area (TPSA) is 26.8 Å². The number of rotatable bonds is 7. The standard InChI is InChI=1S/C22H31N3OS/c1-5-24-15-19-9-7-6-8-18(19)14-20(24)22(26)25(12-11-23(3)4)16-21-17(2)10-13-27-21/h6-10,13,20H,5,11-12,14-16H2,1-4H3. The molecule has 0 radical (unpaired) electrons. The van der Waals surface area contributed by atoms with E-state index in [0.717, 1.165) is 32.6 Å². The summed E-state index contributed by atoms with van der Waals surface area (Å²) >= 11 is 1.75. The van der Waals surface area contributed by atoms with E-state index in [-0.39, 0.29) is 11.9 Å². The van der Waals surface area contributed by atoms with Gasteiger partial charge in [-0.05, 0) is 62.1 Å². The van der Waals surface area contributed by atoms with Gasteiger partial charge in [0.15, 0.2) is 0 Å². The lowest BCUT2D eigenvalue weighted by Gasteiger charge is -2.38. The number of nitrogens with zero attached hydrogens (tertiary/aromatic N) is 3. The van der Waals surface area contributed by atoms with Gasteiger partial charge < -0.3 is 9.80 Å². The first-order chi connectivity index (χ1) is 13.0. The van der Waals surface area contributed by atoms with E-state index < -0.39 is 0 Å². The molecule has 27 heavy (non-hydrogen) atoms. The van der Waals surface area contributed by atoms with Crippen LogP contribution in [0.15, 0.2) is 35.7 Å². The molecule has 0 aliphatic carbocycles. The van der Waals surface area contributed by atoms with Crippen molar-refractivity contribution >= 4 is 17.2 Å². The second kappa shape index (κ2) is 9.00. The minimum absolute atomic E-state index is 0.0627. The van der Waals surface area contributed by atoms with E-state index in [1.54, 1.807) is 11.3 Å². The van der Waals surface area contributed by atoms with Crippen LogP contribution in [-0.4, -0.2) is 60.4 Å². The maximum atomic E-state index is 13.6. The second-order valence-corrected chi connectivity index (χ2v) is 8.64. The summed E-state index contributed by atoms with van der Waals surface area (Å²) in [5, 5.41) is 2.12. The number of thiophene rings is 1. The Kier molecular flexibility index (Phi) is 6.68. The number of benzene rings is 1. The summed E-state index contributed by atoms with van der Waals surface area (Å²) in [5.41, 5.74) is 3.96. The summed E-state index contributed by atoms with van der Waals surface area (Å²) < 4.78 is 0. The fourth-order valence-electron chi connectivity index (χ4n) is 3.69. The van der Waals surface area contributed by atoms with Gasteiger partial charge >= 0.3 is 0 Å². The summed E-state index contributed by atoms with van der Waals surface area (Å²) in [6.45, 7) is 8.40. The quantitative estimate of drug-likeness (QED) is 0.731. The van der Waals surface area contributed by atoms with Crippen molar-refractivity contribution in [3.63, 3.8) is 0 Å². The third kappa shape index (κ3) is 4.78. The maximum Gasteiger partial charge on any atom is 0.240 e. The summed E-state index contributed by atoms with van der Waals surface area (Å²) in [4.78, 5) is 21.4. The zero-order valence-electron chi connectivity index (χ0n) is 16.9. The second-order valence-electron chi connectivity index (χ2n) is 7.64. The fraction of sp³-hybridized carbons (Fsp3) is 0.500. The number of fused-ring (bicyclic) bond motifs is 1. The highest BCUT2D eigenvalue weighted by atomic mass is 32.1. The SMILES string of the molecule is CCN1Cc2ccccc2CC1C(=O)N(CCN(C)C)Cc1sccc1C. The molecule has 1 unspecified atom stereocenters. The van der Waals surface area contributed by atoms with E-state index in [0.29, 0.717) is 6.54 Å². The third-order valence-corrected chi connectivity index (χ3v) is 6.48. The lowest BCUT2D eigenvalue weighted by molar-refractivity contribution is -0.138. The zero-order chi connectivity index (χ0) is 19.4. The van der Waals surface area contributed by atoms with Gasteiger partial charge in [-0.25, -0.2) is 0 Å². The number of likely N-dealkylation sites (N-methyl/N-ethyl adjacent to an activating group) is 2. The van der Waals surface area contributed by atoms with Gasteiger partial charge in [-0.3, -0.25) is 9.69 Å². The molecular formula is C22H31N3OS. The molecule has 146 valence electrons. The highest BCUT2D eigenvalue weighted by Crippen LogP contribution is 2.25. The highest BCUT2D eigenvalue weighted by molar-refractivity contribution is 7.10. The van der Waals surface area contributed by atoms with E-state index in [2.05, 4.69) is 78.4 Å². The van der Waals surface area contributed by atoms with Crippen LogP contribution in [0.5, 0.6) is 0 Å². The van der Waals surface area contributed by atoms with Crippen molar-refractivity contribution in [1.29, 1.82) is 0 Å². The molecule has 4 nitrogen and oxygen atoms in total. The molecule has 0 N–H and O–H groups in total. The molecule has 2 heterocycles. The molecule has 5 heteroatoms. The molecule has 0 spiro atoms. The zero-order valence-corrected chi connectivity index (χ0v) is 17.8. The van der Waals surface area contributed by atoms with E-state index in [1.807, 2.05) is 0 Å². The predicted molar refractivity (Wildman–Crippen MR) is 113 cm³/mol. The first-order valence-corrected chi connectivity index (χ1v) is 10.6. The van der Waals surface area contributed by atoms with Gasteiger partial charge in [0.1, 0.15) is 0 Å². The molecule has 2 aromatic rings. The molecule has 1 aliphatic rings. The van der Waals surface area contributed by atoms with Crippen molar-refractivity contribution in [2.24, 2.45) is 0 Å². The van der Waals surface area contributed by atoms with Gasteiger partial charge in [0.2, 0.25) is 5.91 Å². The Bertz CT molecular complexity index is 770. The fourth-order valence-corrected chi connectivity index (χ4v) is 4.61. The summed E-state index contributed by atoms with van der Waals surface area (Å²) in [5.74, 6) is 0.265. The van der Waals surface area contributed by atoms with Crippen LogP contribution < -0.4 is 0 Å². The molecule has 0 saturated carbocycles. The van der Waals surface area contributed by atoms with Crippen molar-refractivity contribution in [3.05, 3.63) is 57.3 Å². The van der Waals surface area contributed by atoms with Gasteiger partial charge in [0.25, 0.3) is 0 Å². The summed E-state index contributed by atoms with van der Waals surface area (Å²) in [7, 11) is 4.13. The van der Waals surface area contributed by atoms with Gasteiger partial charge in [0.05, 0.1) is 12.6 Å². The van der Waals surface area contributed by atoms with Crippen molar-refractivity contribution in [1.82, 2.24) is 14.7 Å². The summed E-state index contributed by atoms with van der Waals surface area (Å²) in [6.07, 6.45) is 0.810. The molecular weight excluding hydrogens is 354 g/mol. The number of hydrogen-bond donors (Lipinski definition) is 0. The van der Waals surface area contributed by atoms with Crippen LogP contribution in [0, 0.1) is 6.92 Å². The van der Waals surface area contributed by atoms with Gasteiger partial charge in [-0.1, -0.05) is 31.2 Å². The largest absolute Gasteiger partial charge is 0.335 e. The first kappa shape index (κ1) is 20.1. The molecule has 1 amide bonds. The molecule has 0 bridgehead atoms. The normalized spacial score (nSPS) is 17.1. The average molecular weight is 386 g/mol. The molecule has 1 atom stereocenters. The Labute approximate surface area is 167 Å².